The van der Waals surface area contributed by atoms with Crippen LogP contribution in [0, 0.1) is 0 Å². The number of hydrogen-bond donors (Lipinski definition) is 1. The maximum absolute atomic E-state index is 11.9. The van der Waals surface area contributed by atoms with Gasteiger partial charge in [0.25, 0.3) is 6.43 Å². The normalized spacial score (nSPS) is 12.3. The lowest BCUT2D eigenvalue weighted by molar-refractivity contribution is 0.0215. The first-order valence-corrected chi connectivity index (χ1v) is 6.82. The molecule has 0 unspecified atom stereocenters. The molecule has 116 valence electrons. The lowest BCUT2D eigenvalue weighted by Crippen LogP contribution is -2.14. The zero-order chi connectivity index (χ0) is 15.5. The molecule has 0 atom stereocenters. The maximum Gasteiger partial charge on any atom is 0.261 e. The van der Waals surface area contributed by atoms with Crippen LogP contribution in [0.2, 0.25) is 0 Å². The highest BCUT2D eigenvalue weighted by Crippen LogP contribution is 2.24. The minimum absolute atomic E-state index is 0.0519. The highest BCUT2D eigenvalue weighted by atomic mass is 19.3. The molecule has 21 heavy (non-hydrogen) atoms. The van der Waals surface area contributed by atoms with E-state index in [1.165, 1.54) is 0 Å². The largest absolute Gasteiger partial charge is 0.374 e. The minimum Gasteiger partial charge on any atom is -0.374 e. The zero-order valence-electron chi connectivity index (χ0n) is 12.4. The lowest BCUT2D eigenvalue weighted by atomic mass is 9.92. The monoisotopic (exact) mass is 298 g/mol. The first kappa shape index (κ1) is 15.6. The second kappa shape index (κ2) is 6.34. The van der Waals surface area contributed by atoms with Crippen LogP contribution in [0.15, 0.2) is 18.5 Å². The van der Waals surface area contributed by atoms with Crippen LogP contribution in [0.4, 0.5) is 14.6 Å². The summed E-state index contributed by atoms with van der Waals surface area (Å²) in [6, 6.07) is 1.98. The highest BCUT2D eigenvalue weighted by Gasteiger charge is 2.18. The number of nitrogens with one attached hydrogen (secondary N) is 1. The van der Waals surface area contributed by atoms with Crippen molar-refractivity contribution in [2.45, 2.75) is 32.6 Å². The van der Waals surface area contributed by atoms with E-state index in [1.54, 1.807) is 16.9 Å². The summed E-state index contributed by atoms with van der Waals surface area (Å²) in [5.74, 6) is 0.668. The molecule has 2 heterocycles. The first-order valence-electron chi connectivity index (χ1n) is 6.82. The first-order chi connectivity index (χ1) is 9.88. The van der Waals surface area contributed by atoms with Gasteiger partial charge in [-0.05, 0) is 6.07 Å². The average Bonchev–Trinajstić information content (AvgIpc) is 2.82. The van der Waals surface area contributed by atoms with Crippen molar-refractivity contribution in [3.63, 3.8) is 0 Å². The van der Waals surface area contributed by atoms with Gasteiger partial charge in [-0.3, -0.25) is 0 Å². The Bertz CT molecular complexity index is 592. The van der Waals surface area contributed by atoms with Crippen molar-refractivity contribution in [3.8, 4) is 0 Å². The van der Waals surface area contributed by atoms with E-state index in [-0.39, 0.29) is 12.0 Å². The molecular weight excluding hydrogens is 278 g/mol. The van der Waals surface area contributed by atoms with E-state index in [1.807, 2.05) is 6.07 Å². The van der Waals surface area contributed by atoms with Crippen LogP contribution >= 0.6 is 0 Å². The fourth-order valence-electron chi connectivity index (χ4n) is 1.84. The molecule has 0 spiro atoms. The van der Waals surface area contributed by atoms with Gasteiger partial charge in [0.2, 0.25) is 0 Å². The van der Waals surface area contributed by atoms with Crippen molar-refractivity contribution >= 4 is 11.3 Å². The molecule has 2 aromatic rings. The second-order valence-electron chi connectivity index (χ2n) is 5.78. The summed E-state index contributed by atoms with van der Waals surface area (Å²) in [7, 11) is 0. The summed E-state index contributed by atoms with van der Waals surface area (Å²) in [5.41, 5.74) is 1.77. The molecule has 0 aromatic carbocycles. The van der Waals surface area contributed by atoms with E-state index < -0.39 is 13.0 Å². The van der Waals surface area contributed by atoms with Gasteiger partial charge < -0.3 is 10.1 Å². The number of fused-ring (bicyclic) bond motifs is 1. The summed E-state index contributed by atoms with van der Waals surface area (Å²) in [4.78, 5) is 4.26. The van der Waals surface area contributed by atoms with E-state index in [0.29, 0.717) is 12.4 Å². The number of ether oxygens (including phenoxy) is 1. The van der Waals surface area contributed by atoms with E-state index >= 15 is 0 Å². The number of halogens is 2. The third-order valence-electron chi connectivity index (χ3n) is 2.94. The molecule has 0 aliphatic carbocycles. The molecule has 7 heteroatoms. The number of anilines is 1. The Kier molecular flexibility index (Phi) is 4.72. The summed E-state index contributed by atoms with van der Waals surface area (Å²) in [5, 5.41) is 7.60. The van der Waals surface area contributed by atoms with Crippen LogP contribution in [0.3, 0.4) is 0 Å². The van der Waals surface area contributed by atoms with Gasteiger partial charge >= 0.3 is 0 Å². The molecule has 0 bridgehead atoms. The van der Waals surface area contributed by atoms with Crippen LogP contribution in [0.1, 0.15) is 26.5 Å². The Balaban J connectivity index is 2.04. The molecule has 0 amide bonds. The topological polar surface area (TPSA) is 51.5 Å². The van der Waals surface area contributed by atoms with Gasteiger partial charge in [-0.25, -0.2) is 18.3 Å². The fourth-order valence-corrected chi connectivity index (χ4v) is 1.84. The standard InChI is InChI=1S/C14H20F2N4O/c1-14(2,3)11-8-10-13(17-4-6-20(10)19-11)18-5-7-21-9-12(15)16/h4,6,8,12H,5,7,9H2,1-3H3,(H,17,18). The van der Waals surface area contributed by atoms with Crippen molar-refractivity contribution in [2.24, 2.45) is 0 Å². The number of aromatic nitrogens is 3. The molecule has 0 aliphatic heterocycles. The second-order valence-corrected chi connectivity index (χ2v) is 5.78. The quantitative estimate of drug-likeness (QED) is 0.833. The Morgan fingerprint density at radius 1 is 1.38 bits per heavy atom. The van der Waals surface area contributed by atoms with Gasteiger partial charge in [0.15, 0.2) is 5.82 Å². The van der Waals surface area contributed by atoms with Crippen molar-refractivity contribution in [1.29, 1.82) is 0 Å². The summed E-state index contributed by atoms with van der Waals surface area (Å²) in [6.07, 6.45) is 0.994. The predicted octanol–water partition coefficient (Wildman–Crippen LogP) is 2.72. The van der Waals surface area contributed by atoms with Crippen molar-refractivity contribution in [1.82, 2.24) is 14.6 Å². The van der Waals surface area contributed by atoms with Gasteiger partial charge in [0.1, 0.15) is 12.1 Å². The van der Waals surface area contributed by atoms with Crippen LogP contribution in [0.25, 0.3) is 5.52 Å². The molecule has 0 aliphatic rings. The smallest absolute Gasteiger partial charge is 0.261 e. The highest BCUT2D eigenvalue weighted by molar-refractivity contribution is 5.68. The Labute approximate surface area is 122 Å². The Hall–Kier alpha value is -1.76. The zero-order valence-corrected chi connectivity index (χ0v) is 12.4. The summed E-state index contributed by atoms with van der Waals surface area (Å²) >= 11 is 0. The van der Waals surface area contributed by atoms with Crippen LogP contribution in [-0.4, -0.2) is 40.8 Å². The SMILES string of the molecule is CC(C)(C)c1cc2c(NCCOCC(F)F)nccn2n1. The number of nitrogens with zero attached hydrogens (tertiary/aromatic N) is 3. The van der Waals surface area contributed by atoms with Crippen LogP contribution in [-0.2, 0) is 10.2 Å². The minimum atomic E-state index is -2.43. The molecule has 2 rings (SSSR count). The Morgan fingerprint density at radius 2 is 2.14 bits per heavy atom. The number of rotatable bonds is 6. The molecule has 5 nitrogen and oxygen atoms in total. The van der Waals surface area contributed by atoms with Gasteiger partial charge in [-0.15, -0.1) is 0 Å². The van der Waals surface area contributed by atoms with E-state index in [2.05, 4.69) is 36.2 Å². The third kappa shape index (κ3) is 4.10. The van der Waals surface area contributed by atoms with Gasteiger partial charge in [0, 0.05) is 24.4 Å². The van der Waals surface area contributed by atoms with E-state index in [9.17, 15) is 8.78 Å². The molecule has 0 fully saturated rings. The molecule has 0 radical (unpaired) electrons. The molecule has 2 aromatic heterocycles. The number of alkyl halides is 2. The third-order valence-corrected chi connectivity index (χ3v) is 2.94. The van der Waals surface area contributed by atoms with Gasteiger partial charge in [0.05, 0.1) is 12.3 Å². The average molecular weight is 298 g/mol. The van der Waals surface area contributed by atoms with Crippen molar-refractivity contribution < 1.29 is 13.5 Å². The maximum atomic E-state index is 11.9. The van der Waals surface area contributed by atoms with E-state index in [0.717, 1.165) is 11.2 Å². The predicted molar refractivity (Wildman–Crippen MR) is 77.0 cm³/mol. The Morgan fingerprint density at radius 3 is 2.81 bits per heavy atom. The molecule has 0 saturated heterocycles. The van der Waals surface area contributed by atoms with Crippen LogP contribution < -0.4 is 5.32 Å². The molecular formula is C14H20F2N4O. The summed E-state index contributed by atoms with van der Waals surface area (Å²) < 4.78 is 30.5. The van der Waals surface area contributed by atoms with Crippen molar-refractivity contribution in [2.75, 3.05) is 25.1 Å². The van der Waals surface area contributed by atoms with Gasteiger partial charge in [-0.2, -0.15) is 5.10 Å². The molecule has 0 saturated carbocycles. The van der Waals surface area contributed by atoms with Crippen molar-refractivity contribution in [3.05, 3.63) is 24.2 Å². The van der Waals surface area contributed by atoms with E-state index in [4.69, 9.17) is 4.74 Å². The summed E-state index contributed by atoms with van der Waals surface area (Å²) in [6.45, 7) is 6.34. The fraction of sp³-hybridized carbons (Fsp3) is 0.571. The van der Waals surface area contributed by atoms with Crippen LogP contribution in [0.5, 0.6) is 0 Å². The van der Waals surface area contributed by atoms with Gasteiger partial charge in [-0.1, -0.05) is 20.8 Å². The molecule has 1 N–H and O–H groups in total. The lowest BCUT2D eigenvalue weighted by Gasteiger charge is -2.13. The number of hydrogen-bond acceptors (Lipinski definition) is 4.